The van der Waals surface area contributed by atoms with Crippen molar-refractivity contribution in [2.75, 3.05) is 0 Å². The zero-order valence-corrected chi connectivity index (χ0v) is 11.0. The molecule has 19 heavy (non-hydrogen) atoms. The summed E-state index contributed by atoms with van der Waals surface area (Å²) in [4.78, 5) is 22.5. The fourth-order valence-electron chi connectivity index (χ4n) is 1.73. The molecule has 1 aromatic rings. The van der Waals surface area contributed by atoms with Crippen LogP contribution in [0.3, 0.4) is 0 Å². The summed E-state index contributed by atoms with van der Waals surface area (Å²) in [5.41, 5.74) is 0.751. The maximum absolute atomic E-state index is 12.1. The SMILES string of the molecule is Cc1ccc(OC2CCC(=O)NC2=O)cc1OSF. The molecule has 2 rings (SSSR count). The second kappa shape index (κ2) is 5.92. The number of halogens is 1. The number of benzene rings is 1. The molecule has 1 aromatic carbocycles. The van der Waals surface area contributed by atoms with Gasteiger partial charge in [0.1, 0.15) is 11.5 Å². The lowest BCUT2D eigenvalue weighted by Crippen LogP contribution is -2.46. The first-order valence-electron chi connectivity index (χ1n) is 5.66. The molecule has 0 aliphatic carbocycles. The number of nitrogens with one attached hydrogen (secondary N) is 1. The molecule has 0 spiro atoms. The highest BCUT2D eigenvalue weighted by Crippen LogP contribution is 2.28. The van der Waals surface area contributed by atoms with E-state index in [9.17, 15) is 13.5 Å². The molecular formula is C12H12FNO4S. The van der Waals surface area contributed by atoms with E-state index in [4.69, 9.17) is 8.92 Å². The lowest BCUT2D eigenvalue weighted by atomic mass is 10.1. The minimum Gasteiger partial charge on any atom is -0.480 e. The molecule has 5 nitrogen and oxygen atoms in total. The first kappa shape index (κ1) is 13.7. The number of carbonyl (C=O) groups is 2. The first-order chi connectivity index (χ1) is 9.10. The van der Waals surface area contributed by atoms with Crippen LogP contribution in [0.1, 0.15) is 18.4 Å². The summed E-state index contributed by atoms with van der Waals surface area (Å²) in [5, 5.41) is 2.20. The van der Waals surface area contributed by atoms with Gasteiger partial charge in [0, 0.05) is 18.9 Å². The summed E-state index contributed by atoms with van der Waals surface area (Å²) in [5.74, 6) is -0.0350. The van der Waals surface area contributed by atoms with E-state index >= 15 is 0 Å². The smallest absolute Gasteiger partial charge is 0.272 e. The van der Waals surface area contributed by atoms with E-state index in [2.05, 4.69) is 5.32 Å². The summed E-state index contributed by atoms with van der Waals surface area (Å²) in [6.45, 7) is 1.77. The van der Waals surface area contributed by atoms with E-state index < -0.39 is 12.0 Å². The van der Waals surface area contributed by atoms with Gasteiger partial charge in [0.25, 0.3) is 18.3 Å². The van der Waals surface area contributed by atoms with Crippen LogP contribution in [0.5, 0.6) is 11.5 Å². The summed E-state index contributed by atoms with van der Waals surface area (Å²) < 4.78 is 22.3. The molecule has 0 saturated carbocycles. The number of amides is 2. The second-order valence-corrected chi connectivity index (χ2v) is 4.42. The Hall–Kier alpha value is -1.76. The number of hydrogen-bond donors (Lipinski definition) is 1. The highest BCUT2D eigenvalue weighted by atomic mass is 32.2. The third kappa shape index (κ3) is 3.37. The molecule has 1 heterocycles. The molecule has 1 fully saturated rings. The van der Waals surface area contributed by atoms with Gasteiger partial charge < -0.3 is 8.92 Å². The quantitative estimate of drug-likeness (QED) is 0.678. The zero-order valence-electron chi connectivity index (χ0n) is 10.1. The van der Waals surface area contributed by atoms with Crippen molar-refractivity contribution in [1.82, 2.24) is 5.32 Å². The molecule has 1 aliphatic heterocycles. The predicted octanol–water partition coefficient (Wildman–Crippen LogP) is 2.09. The number of hydrogen-bond acceptors (Lipinski definition) is 5. The highest BCUT2D eigenvalue weighted by Gasteiger charge is 2.28. The molecule has 1 unspecified atom stereocenters. The van der Waals surface area contributed by atoms with E-state index in [0.29, 0.717) is 17.9 Å². The summed E-state index contributed by atoms with van der Waals surface area (Å²) in [6.07, 6.45) is -0.148. The van der Waals surface area contributed by atoms with Gasteiger partial charge in [0.2, 0.25) is 5.91 Å². The van der Waals surface area contributed by atoms with Crippen molar-refractivity contribution < 1.29 is 22.4 Å². The molecule has 2 amide bonds. The minimum atomic E-state index is -0.716. The van der Waals surface area contributed by atoms with Crippen LogP contribution in [-0.4, -0.2) is 17.9 Å². The average molecular weight is 285 g/mol. The Morgan fingerprint density at radius 1 is 1.42 bits per heavy atom. The van der Waals surface area contributed by atoms with Gasteiger partial charge in [-0.05, 0) is 18.6 Å². The lowest BCUT2D eigenvalue weighted by Gasteiger charge is -2.22. The van der Waals surface area contributed by atoms with Gasteiger partial charge in [0.15, 0.2) is 6.10 Å². The Morgan fingerprint density at radius 3 is 2.89 bits per heavy atom. The Kier molecular flexibility index (Phi) is 4.26. The molecular weight excluding hydrogens is 273 g/mol. The van der Waals surface area contributed by atoms with Gasteiger partial charge in [-0.25, -0.2) is 0 Å². The topological polar surface area (TPSA) is 64.6 Å². The third-order valence-corrected chi connectivity index (χ3v) is 2.99. The highest BCUT2D eigenvalue weighted by molar-refractivity contribution is 7.89. The van der Waals surface area contributed by atoms with Gasteiger partial charge in [-0.2, -0.15) is 0 Å². The monoisotopic (exact) mass is 285 g/mol. The van der Waals surface area contributed by atoms with Crippen LogP contribution in [0, 0.1) is 6.92 Å². The molecule has 1 N–H and O–H groups in total. The molecule has 1 atom stereocenters. The molecule has 1 saturated heterocycles. The Labute approximate surface area is 114 Å². The standard InChI is InChI=1S/C12H12FNO4S/c1-7-2-3-8(6-10(7)18-19-13)17-9-4-5-11(15)14-12(9)16/h2-3,6,9H,4-5H2,1H3,(H,14,15,16). The van der Waals surface area contributed by atoms with E-state index in [1.165, 1.54) is 6.07 Å². The average Bonchev–Trinajstić information content (AvgIpc) is 2.37. The molecule has 0 bridgehead atoms. The van der Waals surface area contributed by atoms with Crippen molar-refractivity contribution in [3.8, 4) is 11.5 Å². The summed E-state index contributed by atoms with van der Waals surface area (Å²) in [6, 6.07) is 4.87. The normalized spacial score (nSPS) is 18.9. The second-order valence-electron chi connectivity index (χ2n) is 4.13. The molecule has 7 heteroatoms. The molecule has 1 aliphatic rings. The molecule has 102 valence electrons. The fourth-order valence-corrected chi connectivity index (χ4v) is 1.98. The predicted molar refractivity (Wildman–Crippen MR) is 67.3 cm³/mol. The number of piperidine rings is 1. The van der Waals surface area contributed by atoms with Crippen molar-refractivity contribution in [3.63, 3.8) is 0 Å². The maximum Gasteiger partial charge on any atom is 0.272 e. The Balaban J connectivity index is 2.08. The third-order valence-electron chi connectivity index (χ3n) is 2.75. The van der Waals surface area contributed by atoms with Crippen LogP contribution in [0.25, 0.3) is 0 Å². The van der Waals surface area contributed by atoms with Crippen LogP contribution in [0.15, 0.2) is 18.2 Å². The van der Waals surface area contributed by atoms with E-state index in [0.717, 1.165) is 5.56 Å². The number of ether oxygens (including phenoxy) is 1. The Morgan fingerprint density at radius 2 is 2.21 bits per heavy atom. The zero-order chi connectivity index (χ0) is 13.8. The summed E-state index contributed by atoms with van der Waals surface area (Å²) in [7, 11) is 0. The van der Waals surface area contributed by atoms with Crippen molar-refractivity contribution in [2.24, 2.45) is 0 Å². The van der Waals surface area contributed by atoms with Gasteiger partial charge in [-0.3, -0.25) is 14.9 Å². The number of imide groups is 1. The van der Waals surface area contributed by atoms with Gasteiger partial charge in [-0.1, -0.05) is 6.07 Å². The van der Waals surface area contributed by atoms with Crippen LogP contribution < -0.4 is 14.2 Å². The van der Waals surface area contributed by atoms with E-state index in [-0.39, 0.29) is 24.8 Å². The van der Waals surface area contributed by atoms with Gasteiger partial charge >= 0.3 is 0 Å². The summed E-state index contributed by atoms with van der Waals surface area (Å²) >= 11 is -0.255. The first-order valence-corrected chi connectivity index (χ1v) is 6.30. The number of rotatable bonds is 4. The maximum atomic E-state index is 12.1. The van der Waals surface area contributed by atoms with Crippen molar-refractivity contribution >= 4 is 24.2 Å². The largest absolute Gasteiger partial charge is 0.480 e. The minimum absolute atomic E-state index is 0.242. The van der Waals surface area contributed by atoms with Crippen LogP contribution in [-0.2, 0) is 9.59 Å². The van der Waals surface area contributed by atoms with Gasteiger partial charge in [0.05, 0.1) is 0 Å². The van der Waals surface area contributed by atoms with E-state index in [1.807, 2.05) is 0 Å². The number of aryl methyl sites for hydroxylation is 1. The van der Waals surface area contributed by atoms with E-state index in [1.54, 1.807) is 19.1 Å². The van der Waals surface area contributed by atoms with Crippen LogP contribution in [0.4, 0.5) is 3.89 Å². The van der Waals surface area contributed by atoms with Crippen LogP contribution >= 0.6 is 12.4 Å². The number of carbonyl (C=O) groups excluding carboxylic acids is 2. The van der Waals surface area contributed by atoms with Crippen molar-refractivity contribution in [1.29, 1.82) is 0 Å². The van der Waals surface area contributed by atoms with Gasteiger partial charge in [-0.15, -0.1) is 3.89 Å². The molecule has 0 radical (unpaired) electrons. The lowest BCUT2D eigenvalue weighted by molar-refractivity contribution is -0.138. The van der Waals surface area contributed by atoms with Crippen molar-refractivity contribution in [2.45, 2.75) is 25.9 Å². The van der Waals surface area contributed by atoms with Crippen LogP contribution in [0.2, 0.25) is 0 Å². The van der Waals surface area contributed by atoms with Crippen molar-refractivity contribution in [3.05, 3.63) is 23.8 Å². The Bertz CT molecular complexity index is 509. The molecule has 0 aromatic heterocycles. The fraction of sp³-hybridized carbons (Fsp3) is 0.333.